The van der Waals surface area contributed by atoms with Gasteiger partial charge < -0.3 is 20.1 Å². The summed E-state index contributed by atoms with van der Waals surface area (Å²) < 4.78 is 52.1. The molecule has 8 rings (SSSR count). The van der Waals surface area contributed by atoms with E-state index in [2.05, 4.69) is 30.3 Å². The van der Waals surface area contributed by atoms with Gasteiger partial charge >= 0.3 is 6.01 Å². The molecule has 0 saturated carbocycles. The van der Waals surface area contributed by atoms with Crippen LogP contribution in [0.2, 0.25) is 0 Å². The Morgan fingerprint density at radius 3 is 2.71 bits per heavy atom. The first-order valence-electron chi connectivity index (χ1n) is 14.6. The summed E-state index contributed by atoms with van der Waals surface area (Å²) in [6, 6.07) is 7.66. The number of benzene rings is 2. The number of anilines is 1. The van der Waals surface area contributed by atoms with E-state index in [-0.39, 0.29) is 58.1 Å². The van der Waals surface area contributed by atoms with Crippen LogP contribution in [0, 0.1) is 11.6 Å². The second-order valence-electron chi connectivity index (χ2n) is 12.1. The van der Waals surface area contributed by atoms with E-state index < -0.39 is 23.3 Å². The number of nitrogens with one attached hydrogen (secondary N) is 1. The van der Waals surface area contributed by atoms with Crippen molar-refractivity contribution in [3.8, 4) is 23.0 Å². The predicted molar refractivity (Wildman–Crippen MR) is 150 cm³/mol. The Balaban J connectivity index is 1.26. The lowest BCUT2D eigenvalue weighted by atomic mass is 9.95. The second-order valence-corrected chi connectivity index (χ2v) is 12.1. The molecule has 2 unspecified atom stereocenters. The van der Waals surface area contributed by atoms with Gasteiger partial charge in [-0.25, -0.2) is 13.2 Å². The van der Waals surface area contributed by atoms with Gasteiger partial charge in [-0.15, -0.1) is 10.2 Å². The van der Waals surface area contributed by atoms with Crippen LogP contribution in [0.15, 0.2) is 30.3 Å². The van der Waals surface area contributed by atoms with Crippen LogP contribution in [0.4, 0.5) is 19.0 Å². The number of alkyl halides is 1. The number of phenolic OH excluding ortho intramolecular Hbond substituents is 1. The van der Waals surface area contributed by atoms with Crippen LogP contribution >= 0.6 is 0 Å². The lowest BCUT2D eigenvalue weighted by molar-refractivity contribution is 0.107. The number of rotatable bonds is 5. The fraction of sp³-hybridized carbons (Fsp3) is 0.467. The quantitative estimate of drug-likeness (QED) is 0.363. The molecule has 42 heavy (non-hydrogen) atoms. The minimum Gasteiger partial charge on any atom is -0.508 e. The lowest BCUT2D eigenvalue weighted by Gasteiger charge is -2.34. The largest absolute Gasteiger partial charge is 0.508 e. The topological polar surface area (TPSA) is 99.5 Å². The first-order valence-corrected chi connectivity index (χ1v) is 14.6. The van der Waals surface area contributed by atoms with Crippen molar-refractivity contribution in [2.75, 3.05) is 37.7 Å². The Morgan fingerprint density at radius 2 is 1.88 bits per heavy atom. The van der Waals surface area contributed by atoms with Crippen molar-refractivity contribution < 1.29 is 23.0 Å². The van der Waals surface area contributed by atoms with Crippen LogP contribution in [0.3, 0.4) is 0 Å². The number of aromatic nitrogens is 4. The molecule has 4 aliphatic heterocycles. The molecule has 4 fully saturated rings. The zero-order chi connectivity index (χ0) is 28.6. The standard InChI is InChI=1S/C30H30F3N7O2/c31-17-11-30(7-2-8-40(30)12-17)15-42-29-35-26-24(33)25(21-10-20(41)9-16-3-1-4-22(32)23(16)21)37-38-27(26)28(36-29)39-13-18-5-6-19(14-39)34-18/h1,3-4,9-10,17-19,34,41H,2,5-8,11-15H2/t17-,18?,19?,30+/m1/s1. The van der Waals surface area contributed by atoms with Crippen LogP contribution in [-0.2, 0) is 0 Å². The molecule has 4 aromatic rings. The third-order valence-corrected chi connectivity index (χ3v) is 9.42. The third-order valence-electron chi connectivity index (χ3n) is 9.42. The van der Waals surface area contributed by atoms with Crippen LogP contribution in [0.1, 0.15) is 32.1 Å². The van der Waals surface area contributed by atoms with Gasteiger partial charge in [0.25, 0.3) is 0 Å². The predicted octanol–water partition coefficient (Wildman–Crippen LogP) is 4.12. The maximum Gasteiger partial charge on any atom is 0.319 e. The molecule has 0 aliphatic carbocycles. The van der Waals surface area contributed by atoms with Gasteiger partial charge in [-0.05, 0) is 55.8 Å². The Hall–Kier alpha value is -3.77. The molecule has 4 saturated heterocycles. The highest BCUT2D eigenvalue weighted by molar-refractivity contribution is 5.99. The molecule has 6 heterocycles. The molecule has 4 aliphatic rings. The van der Waals surface area contributed by atoms with E-state index in [1.54, 1.807) is 6.07 Å². The van der Waals surface area contributed by atoms with Gasteiger partial charge in [0.05, 0.1) is 5.54 Å². The van der Waals surface area contributed by atoms with Crippen LogP contribution < -0.4 is 15.0 Å². The van der Waals surface area contributed by atoms with Gasteiger partial charge in [0.15, 0.2) is 17.2 Å². The molecule has 2 bridgehead atoms. The number of halogens is 3. The van der Waals surface area contributed by atoms with Gasteiger partial charge in [0.2, 0.25) is 0 Å². The number of aromatic hydroxyl groups is 1. The number of phenols is 1. The molecule has 218 valence electrons. The molecule has 2 N–H and O–H groups in total. The molecule has 12 heteroatoms. The maximum atomic E-state index is 16.5. The third kappa shape index (κ3) is 4.14. The summed E-state index contributed by atoms with van der Waals surface area (Å²) in [5.41, 5.74) is -0.515. The van der Waals surface area contributed by atoms with Crippen molar-refractivity contribution in [2.24, 2.45) is 0 Å². The van der Waals surface area contributed by atoms with E-state index in [0.29, 0.717) is 37.3 Å². The SMILES string of the molecule is Oc1cc(-c2nnc3c(N4CC5CCC(C4)N5)nc(OC[C@@]45CCCN4C[C@H](F)C5)nc3c2F)c2c(F)cccc2c1. The zero-order valence-corrected chi connectivity index (χ0v) is 22.9. The van der Waals surface area contributed by atoms with Crippen molar-refractivity contribution >= 4 is 27.6 Å². The summed E-state index contributed by atoms with van der Waals surface area (Å²) in [6.07, 6.45) is 3.33. The summed E-state index contributed by atoms with van der Waals surface area (Å²) in [4.78, 5) is 13.4. The molecule has 9 nitrogen and oxygen atoms in total. The monoisotopic (exact) mass is 577 g/mol. The van der Waals surface area contributed by atoms with Crippen molar-refractivity contribution in [1.82, 2.24) is 30.4 Å². The van der Waals surface area contributed by atoms with Crippen LogP contribution in [0.5, 0.6) is 11.8 Å². The van der Waals surface area contributed by atoms with E-state index in [1.807, 2.05) is 0 Å². The van der Waals surface area contributed by atoms with Crippen LogP contribution in [-0.4, -0.2) is 86.8 Å². The molecular weight excluding hydrogens is 547 g/mol. The average Bonchev–Trinajstić information content (AvgIpc) is 3.61. The Bertz CT molecular complexity index is 1710. The van der Waals surface area contributed by atoms with Crippen molar-refractivity contribution in [3.63, 3.8) is 0 Å². The summed E-state index contributed by atoms with van der Waals surface area (Å²) in [7, 11) is 0. The van der Waals surface area contributed by atoms with Gasteiger partial charge in [-0.1, -0.05) is 12.1 Å². The van der Waals surface area contributed by atoms with Crippen molar-refractivity contribution in [2.45, 2.75) is 55.9 Å². The molecule has 4 atom stereocenters. The van der Waals surface area contributed by atoms with Gasteiger partial charge in [-0.3, -0.25) is 4.90 Å². The summed E-state index contributed by atoms with van der Waals surface area (Å²) in [5.74, 6) is -1.12. The summed E-state index contributed by atoms with van der Waals surface area (Å²) in [5, 5.41) is 23.0. The first kappa shape index (κ1) is 25.9. The number of ether oxygens (including phenoxy) is 1. The first-order chi connectivity index (χ1) is 20.4. The van der Waals surface area contributed by atoms with Gasteiger partial charge in [0, 0.05) is 49.1 Å². The van der Waals surface area contributed by atoms with E-state index in [1.165, 1.54) is 24.3 Å². The van der Waals surface area contributed by atoms with E-state index in [0.717, 1.165) is 32.2 Å². The van der Waals surface area contributed by atoms with E-state index in [4.69, 9.17) is 9.72 Å². The van der Waals surface area contributed by atoms with Gasteiger partial charge in [-0.2, -0.15) is 9.97 Å². The lowest BCUT2D eigenvalue weighted by Crippen LogP contribution is -2.51. The minimum atomic E-state index is -0.911. The molecular formula is C30H30F3N7O2. The number of piperazine rings is 1. The number of hydrogen-bond donors (Lipinski definition) is 2. The smallest absolute Gasteiger partial charge is 0.319 e. The number of nitrogens with zero attached hydrogens (tertiary/aromatic N) is 6. The van der Waals surface area contributed by atoms with E-state index in [9.17, 15) is 9.50 Å². The molecule has 0 spiro atoms. The molecule has 0 amide bonds. The Labute approximate surface area is 239 Å². The summed E-state index contributed by atoms with van der Waals surface area (Å²) >= 11 is 0. The highest BCUT2D eigenvalue weighted by Crippen LogP contribution is 2.41. The highest BCUT2D eigenvalue weighted by Gasteiger charge is 2.49. The molecule has 0 radical (unpaired) electrons. The highest BCUT2D eigenvalue weighted by atomic mass is 19.1. The van der Waals surface area contributed by atoms with Crippen molar-refractivity contribution in [1.29, 1.82) is 0 Å². The van der Waals surface area contributed by atoms with Crippen LogP contribution in [0.25, 0.3) is 33.1 Å². The molecule has 2 aromatic heterocycles. The summed E-state index contributed by atoms with van der Waals surface area (Å²) in [6.45, 7) is 2.73. The zero-order valence-electron chi connectivity index (χ0n) is 22.9. The van der Waals surface area contributed by atoms with E-state index >= 15 is 8.78 Å². The normalized spacial score (nSPS) is 27.3. The Kier molecular flexibility index (Phi) is 5.94. The fourth-order valence-corrected chi connectivity index (χ4v) is 7.55. The molecule has 2 aromatic carbocycles. The Morgan fingerprint density at radius 1 is 1.05 bits per heavy atom. The van der Waals surface area contributed by atoms with Crippen molar-refractivity contribution in [3.05, 3.63) is 42.0 Å². The number of fused-ring (bicyclic) bond motifs is 5. The maximum absolute atomic E-state index is 16.5. The fourth-order valence-electron chi connectivity index (χ4n) is 7.55. The average molecular weight is 578 g/mol. The minimum absolute atomic E-state index is 0.0169. The second kappa shape index (κ2) is 9.63. The van der Waals surface area contributed by atoms with Gasteiger partial charge in [0.1, 0.15) is 35.6 Å². The number of hydrogen-bond acceptors (Lipinski definition) is 9.